The van der Waals surface area contributed by atoms with Crippen molar-refractivity contribution < 1.29 is 4.62 Å². The minimum Gasteiger partial charge on any atom is -0.283 e. The van der Waals surface area contributed by atoms with Crippen LogP contribution in [0.25, 0.3) is 0 Å². The van der Waals surface area contributed by atoms with Gasteiger partial charge < -0.3 is 0 Å². The molecule has 1 N–H and O–H groups in total. The first-order valence-electron chi connectivity index (χ1n) is 1.62. The summed E-state index contributed by atoms with van der Waals surface area (Å²) < 4.78 is 4.72. The summed E-state index contributed by atoms with van der Waals surface area (Å²) in [5.41, 5.74) is 2.73. The maximum Gasteiger partial charge on any atom is 0.0415 e. The Hall–Kier alpha value is 0.350. The van der Waals surface area contributed by atoms with Crippen LogP contribution in [0.3, 0.4) is 0 Å². The molecule has 2 nitrogen and oxygen atoms in total. The Morgan fingerprint density at radius 2 is 2.80 bits per heavy atom. The molecule has 3 heteroatoms. The summed E-state index contributed by atoms with van der Waals surface area (Å²) in [6.07, 6.45) is 1.19. The smallest absolute Gasteiger partial charge is 0.0415 e. The van der Waals surface area contributed by atoms with Crippen molar-refractivity contribution in [1.29, 1.82) is 0 Å². The monoisotopic (exact) mass is 91.0 g/mol. The van der Waals surface area contributed by atoms with E-state index >= 15 is 0 Å². The van der Waals surface area contributed by atoms with Crippen LogP contribution in [0.2, 0.25) is 0 Å². The minimum absolute atomic E-state index is 0.698. The number of rotatable bonds is 0. The average molecular weight is 91.0 g/mol. The zero-order chi connectivity index (χ0) is 3.54. The highest BCUT2D eigenvalue weighted by Crippen LogP contribution is 2.11. The molecular weight excluding hydrogens is 85.0 g/mol. The minimum atomic E-state index is 0.698. The van der Waals surface area contributed by atoms with Crippen molar-refractivity contribution >= 4 is 8.81 Å². The van der Waals surface area contributed by atoms with E-state index in [1.165, 1.54) is 6.16 Å². The topological polar surface area (TPSA) is 21.3 Å². The number of nitrogens with one attached hydrogen (secondary N) is 1. The third kappa shape index (κ3) is 0.839. The molecule has 1 aliphatic heterocycles. The fourth-order valence-corrected chi connectivity index (χ4v) is 0.765. The molecule has 1 aliphatic rings. The highest BCUT2D eigenvalue weighted by atomic mass is 31.1. The van der Waals surface area contributed by atoms with Gasteiger partial charge in [-0.05, 0) is 0 Å². The molecule has 0 aromatic carbocycles. The van der Waals surface area contributed by atoms with Crippen LogP contribution in [0.15, 0.2) is 0 Å². The first-order valence-corrected chi connectivity index (χ1v) is 2.73. The molecule has 1 rings (SSSR count). The van der Waals surface area contributed by atoms with Gasteiger partial charge in [0.15, 0.2) is 0 Å². The normalized spacial score (nSPS) is 28.8. The van der Waals surface area contributed by atoms with Crippen molar-refractivity contribution in [2.75, 3.05) is 12.7 Å². The Morgan fingerprint density at radius 3 is 3.00 bits per heavy atom. The number of hydrogen-bond donors (Lipinski definition) is 1. The molecule has 0 radical (unpaired) electrons. The van der Waals surface area contributed by atoms with Crippen LogP contribution < -0.4 is 5.48 Å². The van der Waals surface area contributed by atoms with Gasteiger partial charge in [0.2, 0.25) is 0 Å². The van der Waals surface area contributed by atoms with E-state index in [9.17, 15) is 0 Å². The van der Waals surface area contributed by atoms with Gasteiger partial charge in [-0.3, -0.25) is 4.62 Å². The van der Waals surface area contributed by atoms with Crippen LogP contribution in [0, 0.1) is 0 Å². The Labute approximate surface area is 32.7 Å². The summed E-state index contributed by atoms with van der Waals surface area (Å²) in [4.78, 5) is 0. The number of hydroxylamine groups is 1. The molecule has 0 aromatic rings. The van der Waals surface area contributed by atoms with E-state index in [1.807, 2.05) is 0 Å². The third-order valence-corrected chi connectivity index (χ3v) is 1.22. The second-order valence-corrected chi connectivity index (χ2v) is 1.88. The summed E-state index contributed by atoms with van der Waals surface area (Å²) in [5.74, 6) is 0. The van der Waals surface area contributed by atoms with Crippen molar-refractivity contribution in [1.82, 2.24) is 5.48 Å². The van der Waals surface area contributed by atoms with Crippen molar-refractivity contribution in [2.24, 2.45) is 0 Å². The maximum absolute atomic E-state index is 4.72. The zero-order valence-electron chi connectivity index (χ0n) is 2.82. The van der Waals surface area contributed by atoms with Crippen LogP contribution >= 0.6 is 8.81 Å². The van der Waals surface area contributed by atoms with Gasteiger partial charge in [-0.15, -0.1) is 0 Å². The molecule has 1 saturated heterocycles. The Morgan fingerprint density at radius 1 is 1.80 bits per heavy atom. The lowest BCUT2D eigenvalue weighted by molar-refractivity contribution is 0.264. The van der Waals surface area contributed by atoms with Crippen molar-refractivity contribution in [3.05, 3.63) is 0 Å². The van der Waals surface area contributed by atoms with Gasteiger partial charge in [0.05, 0.1) is 0 Å². The largest absolute Gasteiger partial charge is 0.283 e. The molecule has 0 amide bonds. The third-order valence-electron chi connectivity index (χ3n) is 0.473. The predicted molar refractivity (Wildman–Crippen MR) is 22.3 cm³/mol. The van der Waals surface area contributed by atoms with Gasteiger partial charge in [-0.1, -0.05) is 0 Å². The van der Waals surface area contributed by atoms with Gasteiger partial charge in [0.1, 0.15) is 0 Å². The fourth-order valence-electron chi connectivity index (χ4n) is 0.255. The number of hydrogen-bond acceptors (Lipinski definition) is 2. The average Bonchev–Trinajstić information content (AvgIpc) is 1.76. The molecule has 0 aromatic heterocycles. The van der Waals surface area contributed by atoms with E-state index in [1.54, 1.807) is 0 Å². The molecular formula is C2H6NOP. The van der Waals surface area contributed by atoms with Crippen LogP contribution in [-0.4, -0.2) is 12.7 Å². The van der Waals surface area contributed by atoms with Gasteiger partial charge in [0, 0.05) is 21.5 Å². The van der Waals surface area contributed by atoms with Gasteiger partial charge in [-0.2, -0.15) is 5.48 Å². The molecule has 1 unspecified atom stereocenters. The van der Waals surface area contributed by atoms with Crippen LogP contribution in [0.5, 0.6) is 0 Å². The molecule has 30 valence electrons. The highest BCUT2D eigenvalue weighted by molar-refractivity contribution is 7.32. The lowest BCUT2D eigenvalue weighted by Crippen LogP contribution is -2.02. The second kappa shape index (κ2) is 1.71. The molecule has 0 aliphatic carbocycles. The van der Waals surface area contributed by atoms with Crippen molar-refractivity contribution in [3.63, 3.8) is 0 Å². The van der Waals surface area contributed by atoms with E-state index in [0.717, 1.165) is 6.54 Å². The van der Waals surface area contributed by atoms with E-state index in [0.29, 0.717) is 8.81 Å². The second-order valence-electron chi connectivity index (χ2n) is 0.891. The quantitative estimate of drug-likeness (QED) is 0.427. The van der Waals surface area contributed by atoms with Crippen molar-refractivity contribution in [3.8, 4) is 0 Å². The van der Waals surface area contributed by atoms with E-state index in [-0.39, 0.29) is 0 Å². The van der Waals surface area contributed by atoms with Gasteiger partial charge in [-0.25, -0.2) is 0 Å². The van der Waals surface area contributed by atoms with E-state index in [2.05, 4.69) is 5.48 Å². The van der Waals surface area contributed by atoms with Gasteiger partial charge >= 0.3 is 0 Å². The van der Waals surface area contributed by atoms with Crippen LogP contribution in [0.4, 0.5) is 0 Å². The molecule has 1 atom stereocenters. The summed E-state index contributed by atoms with van der Waals surface area (Å²) in [6.45, 7) is 1.04. The molecule has 1 heterocycles. The highest BCUT2D eigenvalue weighted by Gasteiger charge is 1.93. The Kier molecular flexibility index (Phi) is 1.21. The summed E-state index contributed by atoms with van der Waals surface area (Å²) in [5, 5.41) is 0. The van der Waals surface area contributed by atoms with E-state index < -0.39 is 0 Å². The summed E-state index contributed by atoms with van der Waals surface area (Å²) in [6, 6.07) is 0. The molecule has 0 saturated carbocycles. The summed E-state index contributed by atoms with van der Waals surface area (Å²) in [7, 11) is 0.698. The fraction of sp³-hybridized carbons (Fsp3) is 1.00. The maximum atomic E-state index is 4.72. The van der Waals surface area contributed by atoms with E-state index in [4.69, 9.17) is 4.62 Å². The molecule has 0 bridgehead atoms. The standard InChI is InChI=1S/C2H6NOP/c1-2-5-4-3-1/h3,5H,1-2H2. The molecule has 5 heavy (non-hydrogen) atoms. The Bertz CT molecular complexity index is 21.2. The van der Waals surface area contributed by atoms with Crippen molar-refractivity contribution in [2.45, 2.75) is 0 Å². The first-order chi connectivity index (χ1) is 2.50. The SMILES string of the molecule is C1CPON1. The first kappa shape index (κ1) is 3.54. The lowest BCUT2D eigenvalue weighted by Gasteiger charge is -1.79. The van der Waals surface area contributed by atoms with Crippen LogP contribution in [-0.2, 0) is 4.62 Å². The molecule has 0 spiro atoms. The lowest BCUT2D eigenvalue weighted by atomic mass is 10.8. The van der Waals surface area contributed by atoms with Gasteiger partial charge in [0.25, 0.3) is 0 Å². The Balaban J connectivity index is 2.08. The summed E-state index contributed by atoms with van der Waals surface area (Å²) >= 11 is 0. The zero-order valence-corrected chi connectivity index (χ0v) is 3.82. The predicted octanol–water partition coefficient (Wildman–Crippen LogP) is 0.115. The van der Waals surface area contributed by atoms with Crippen LogP contribution in [0.1, 0.15) is 0 Å². The molecule has 1 fully saturated rings.